The van der Waals surface area contributed by atoms with Crippen molar-refractivity contribution >= 4 is 23.2 Å². The van der Waals surface area contributed by atoms with Crippen LogP contribution in [0, 0.1) is 6.92 Å². The maximum Gasteiger partial charge on any atom is 0.142 e. The summed E-state index contributed by atoms with van der Waals surface area (Å²) in [6.45, 7) is 2.20. The molecule has 1 aromatic carbocycles. The maximum atomic E-state index is 6.14. The van der Waals surface area contributed by atoms with Crippen LogP contribution in [0.15, 0.2) is 24.3 Å². The first kappa shape index (κ1) is 12.3. The number of rotatable bonds is 2. The lowest BCUT2D eigenvalue weighted by atomic mass is 10.1. The Kier molecular flexibility index (Phi) is 3.62. The van der Waals surface area contributed by atoms with Gasteiger partial charge in [-0.3, -0.25) is 0 Å². The monoisotopic (exact) mass is 267 g/mol. The lowest BCUT2D eigenvalue weighted by Crippen LogP contribution is -2.05. The minimum atomic E-state index is 0.305. The fraction of sp³-hybridized carbons (Fsp3) is 0.167. The van der Waals surface area contributed by atoms with Crippen molar-refractivity contribution in [2.24, 2.45) is 5.73 Å². The van der Waals surface area contributed by atoms with E-state index in [2.05, 4.69) is 9.97 Å². The summed E-state index contributed by atoms with van der Waals surface area (Å²) < 4.78 is 0. The number of halogens is 2. The van der Waals surface area contributed by atoms with Crippen LogP contribution in [-0.2, 0) is 6.54 Å². The second-order valence-electron chi connectivity index (χ2n) is 3.64. The molecule has 0 spiro atoms. The van der Waals surface area contributed by atoms with Crippen LogP contribution in [0.2, 0.25) is 10.0 Å². The summed E-state index contributed by atoms with van der Waals surface area (Å²) in [5, 5.41) is 1.17. The Morgan fingerprint density at radius 1 is 1.18 bits per heavy atom. The van der Waals surface area contributed by atoms with Gasteiger partial charge in [-0.1, -0.05) is 23.2 Å². The Morgan fingerprint density at radius 2 is 1.94 bits per heavy atom. The van der Waals surface area contributed by atoms with Crippen LogP contribution in [0.3, 0.4) is 0 Å². The molecule has 0 aliphatic rings. The number of aryl methyl sites for hydroxylation is 1. The summed E-state index contributed by atoms with van der Waals surface area (Å²) in [5.41, 5.74) is 8.00. The molecule has 5 heteroatoms. The number of aromatic nitrogens is 2. The van der Waals surface area contributed by atoms with Crippen LogP contribution in [-0.4, -0.2) is 9.97 Å². The molecular formula is C12H11Cl2N3. The first-order valence-electron chi connectivity index (χ1n) is 5.10. The highest BCUT2D eigenvalue weighted by Gasteiger charge is 2.08. The van der Waals surface area contributed by atoms with Crippen molar-refractivity contribution < 1.29 is 0 Å². The first-order chi connectivity index (χ1) is 8.10. The zero-order valence-corrected chi connectivity index (χ0v) is 10.8. The van der Waals surface area contributed by atoms with E-state index in [0.29, 0.717) is 22.4 Å². The Balaban J connectivity index is 2.55. The normalized spacial score (nSPS) is 10.6. The van der Waals surface area contributed by atoms with E-state index in [9.17, 15) is 0 Å². The van der Waals surface area contributed by atoms with Gasteiger partial charge in [-0.2, -0.15) is 0 Å². The molecule has 1 aromatic heterocycles. The standard InChI is InChI=1S/C12H11Cl2N3/c1-7-4-11(17-12(6-15)16-7)9-3-2-8(13)5-10(9)14/h2-5H,6,15H2,1H3. The Morgan fingerprint density at radius 3 is 2.59 bits per heavy atom. The van der Waals surface area contributed by atoms with E-state index in [1.54, 1.807) is 12.1 Å². The number of benzene rings is 1. The van der Waals surface area contributed by atoms with Crippen LogP contribution >= 0.6 is 23.2 Å². The maximum absolute atomic E-state index is 6.14. The minimum absolute atomic E-state index is 0.305. The SMILES string of the molecule is Cc1cc(-c2ccc(Cl)cc2Cl)nc(CN)n1. The fourth-order valence-electron chi connectivity index (χ4n) is 1.56. The summed E-state index contributed by atoms with van der Waals surface area (Å²) >= 11 is 12.0. The van der Waals surface area contributed by atoms with Crippen LogP contribution in [0.1, 0.15) is 11.5 Å². The van der Waals surface area contributed by atoms with E-state index in [4.69, 9.17) is 28.9 Å². The smallest absolute Gasteiger partial charge is 0.142 e. The Hall–Kier alpha value is -1.16. The molecule has 0 atom stereocenters. The van der Waals surface area contributed by atoms with Crippen molar-refractivity contribution in [1.82, 2.24) is 9.97 Å². The van der Waals surface area contributed by atoms with Crippen LogP contribution < -0.4 is 5.73 Å². The van der Waals surface area contributed by atoms with Gasteiger partial charge in [0.05, 0.1) is 17.3 Å². The van der Waals surface area contributed by atoms with Crippen LogP contribution in [0.5, 0.6) is 0 Å². The van der Waals surface area contributed by atoms with Crippen molar-refractivity contribution in [3.05, 3.63) is 45.8 Å². The quantitative estimate of drug-likeness (QED) is 0.909. The van der Waals surface area contributed by atoms with E-state index >= 15 is 0 Å². The van der Waals surface area contributed by atoms with Gasteiger partial charge in [-0.25, -0.2) is 9.97 Å². The van der Waals surface area contributed by atoms with Gasteiger partial charge in [0, 0.05) is 16.3 Å². The molecule has 2 rings (SSSR count). The molecule has 0 unspecified atom stereocenters. The van der Waals surface area contributed by atoms with Crippen molar-refractivity contribution in [2.45, 2.75) is 13.5 Å². The summed E-state index contributed by atoms with van der Waals surface area (Å²) in [5.74, 6) is 0.603. The third-order valence-electron chi connectivity index (χ3n) is 2.29. The highest BCUT2D eigenvalue weighted by molar-refractivity contribution is 6.36. The predicted molar refractivity (Wildman–Crippen MR) is 70.1 cm³/mol. The van der Waals surface area contributed by atoms with Gasteiger partial charge < -0.3 is 5.73 Å². The molecule has 0 aliphatic heterocycles. The Labute approximate surface area is 110 Å². The van der Waals surface area contributed by atoms with Gasteiger partial charge >= 0.3 is 0 Å². The van der Waals surface area contributed by atoms with Crippen LogP contribution in [0.4, 0.5) is 0 Å². The number of hydrogen-bond donors (Lipinski definition) is 1. The molecule has 0 fully saturated rings. The average molecular weight is 268 g/mol. The molecular weight excluding hydrogens is 257 g/mol. The zero-order valence-electron chi connectivity index (χ0n) is 9.24. The highest BCUT2D eigenvalue weighted by Crippen LogP contribution is 2.29. The number of nitrogens with zero attached hydrogens (tertiary/aromatic N) is 2. The zero-order chi connectivity index (χ0) is 12.4. The second-order valence-corrected chi connectivity index (χ2v) is 4.48. The van der Waals surface area contributed by atoms with Crippen molar-refractivity contribution in [3.8, 4) is 11.3 Å². The molecule has 3 nitrogen and oxygen atoms in total. The van der Waals surface area contributed by atoms with Gasteiger partial charge in [0.1, 0.15) is 5.82 Å². The summed E-state index contributed by atoms with van der Waals surface area (Å²) in [7, 11) is 0. The van der Waals surface area contributed by atoms with E-state index in [1.165, 1.54) is 0 Å². The summed E-state index contributed by atoms with van der Waals surface area (Å²) in [4.78, 5) is 8.57. The first-order valence-corrected chi connectivity index (χ1v) is 5.86. The summed E-state index contributed by atoms with van der Waals surface area (Å²) in [6.07, 6.45) is 0. The molecule has 0 saturated heterocycles. The van der Waals surface area contributed by atoms with E-state index in [1.807, 2.05) is 19.1 Å². The van der Waals surface area contributed by atoms with Crippen molar-refractivity contribution in [3.63, 3.8) is 0 Å². The summed E-state index contributed by atoms with van der Waals surface area (Å²) in [6, 6.07) is 7.18. The highest BCUT2D eigenvalue weighted by atomic mass is 35.5. The number of nitrogens with two attached hydrogens (primary N) is 1. The Bertz CT molecular complexity index is 555. The molecule has 2 aromatic rings. The van der Waals surface area contributed by atoms with Crippen molar-refractivity contribution in [1.29, 1.82) is 0 Å². The van der Waals surface area contributed by atoms with Crippen molar-refractivity contribution in [2.75, 3.05) is 0 Å². The molecule has 0 amide bonds. The lowest BCUT2D eigenvalue weighted by molar-refractivity contribution is 0.894. The largest absolute Gasteiger partial charge is 0.324 e. The third-order valence-corrected chi connectivity index (χ3v) is 2.84. The molecule has 0 radical (unpaired) electrons. The minimum Gasteiger partial charge on any atom is -0.324 e. The fourth-order valence-corrected chi connectivity index (χ4v) is 2.06. The molecule has 0 aliphatic carbocycles. The third kappa shape index (κ3) is 2.75. The van der Waals surface area contributed by atoms with Crippen LogP contribution in [0.25, 0.3) is 11.3 Å². The molecule has 0 saturated carbocycles. The second kappa shape index (κ2) is 5.00. The van der Waals surface area contributed by atoms with Gasteiger partial charge in [0.2, 0.25) is 0 Å². The van der Waals surface area contributed by atoms with E-state index in [-0.39, 0.29) is 0 Å². The molecule has 2 N–H and O–H groups in total. The molecule has 0 bridgehead atoms. The van der Waals surface area contributed by atoms with E-state index < -0.39 is 0 Å². The molecule has 17 heavy (non-hydrogen) atoms. The average Bonchev–Trinajstić information content (AvgIpc) is 2.28. The van der Waals surface area contributed by atoms with Gasteiger partial charge in [-0.15, -0.1) is 0 Å². The lowest BCUT2D eigenvalue weighted by Gasteiger charge is -2.07. The van der Waals surface area contributed by atoms with Gasteiger partial charge in [0.15, 0.2) is 0 Å². The van der Waals surface area contributed by atoms with Gasteiger partial charge in [0.25, 0.3) is 0 Å². The number of hydrogen-bond acceptors (Lipinski definition) is 3. The van der Waals surface area contributed by atoms with Gasteiger partial charge in [-0.05, 0) is 31.2 Å². The molecule has 1 heterocycles. The topological polar surface area (TPSA) is 51.8 Å². The molecule has 88 valence electrons. The predicted octanol–water partition coefficient (Wildman–Crippen LogP) is 3.22. The van der Waals surface area contributed by atoms with E-state index in [0.717, 1.165) is 17.0 Å².